The molecule has 3 nitrogen and oxygen atoms in total. The minimum absolute atomic E-state index is 0.559. The third-order valence-corrected chi connectivity index (χ3v) is 2.96. The molecule has 0 unspecified atom stereocenters. The molecule has 1 saturated heterocycles. The van der Waals surface area contributed by atoms with Crippen LogP contribution < -0.4 is 5.32 Å². The first-order chi connectivity index (χ1) is 7.86. The van der Waals surface area contributed by atoms with Crippen LogP contribution in [0.25, 0.3) is 0 Å². The zero-order valence-electron chi connectivity index (χ0n) is 9.19. The standard InChI is InChI=1S/C12H16N2OS/c16-12(14-8-6-13-7-9-14)15-10-11-4-2-1-3-5-11/h1-5,13H,6-10H2. The van der Waals surface area contributed by atoms with E-state index in [9.17, 15) is 0 Å². The Balaban J connectivity index is 1.79. The number of nitrogens with one attached hydrogen (secondary N) is 1. The highest BCUT2D eigenvalue weighted by molar-refractivity contribution is 7.80. The number of rotatable bonds is 2. The van der Waals surface area contributed by atoms with Gasteiger partial charge in [-0.05, 0) is 17.8 Å². The number of benzene rings is 1. The molecule has 4 heteroatoms. The maximum absolute atomic E-state index is 5.60. The molecule has 0 atom stereocenters. The molecule has 0 spiro atoms. The molecule has 1 fully saturated rings. The van der Waals surface area contributed by atoms with E-state index in [0.717, 1.165) is 31.7 Å². The Morgan fingerprint density at radius 1 is 1.25 bits per heavy atom. The van der Waals surface area contributed by atoms with Gasteiger partial charge in [0, 0.05) is 26.2 Å². The molecule has 1 aliphatic heterocycles. The molecule has 16 heavy (non-hydrogen) atoms. The van der Waals surface area contributed by atoms with Gasteiger partial charge in [0.1, 0.15) is 6.61 Å². The van der Waals surface area contributed by atoms with Gasteiger partial charge >= 0.3 is 0 Å². The lowest BCUT2D eigenvalue weighted by Gasteiger charge is -2.28. The molecular formula is C12H16N2OS. The smallest absolute Gasteiger partial charge is 0.259 e. The highest BCUT2D eigenvalue weighted by Gasteiger charge is 2.13. The summed E-state index contributed by atoms with van der Waals surface area (Å²) in [6.45, 7) is 4.40. The number of hydrogen-bond acceptors (Lipinski definition) is 3. The van der Waals surface area contributed by atoms with E-state index in [1.807, 2.05) is 30.3 Å². The topological polar surface area (TPSA) is 24.5 Å². The zero-order valence-corrected chi connectivity index (χ0v) is 10.0. The fourth-order valence-electron chi connectivity index (χ4n) is 1.66. The Kier molecular flexibility index (Phi) is 4.13. The van der Waals surface area contributed by atoms with Gasteiger partial charge in [0.05, 0.1) is 0 Å². The molecule has 2 rings (SSSR count). The summed E-state index contributed by atoms with van der Waals surface area (Å²) in [5.74, 6) is 0. The normalized spacial score (nSPS) is 15.9. The zero-order chi connectivity index (χ0) is 11.2. The Morgan fingerprint density at radius 2 is 1.94 bits per heavy atom. The van der Waals surface area contributed by atoms with Gasteiger partial charge < -0.3 is 15.0 Å². The van der Waals surface area contributed by atoms with Crippen molar-refractivity contribution in [1.82, 2.24) is 10.2 Å². The minimum atomic E-state index is 0.559. The molecule has 86 valence electrons. The average Bonchev–Trinajstić information content (AvgIpc) is 2.38. The lowest BCUT2D eigenvalue weighted by molar-refractivity contribution is 0.220. The summed E-state index contributed by atoms with van der Waals surface area (Å²) in [5.41, 5.74) is 1.15. The summed E-state index contributed by atoms with van der Waals surface area (Å²) < 4.78 is 5.60. The molecule has 1 N–H and O–H groups in total. The summed E-state index contributed by atoms with van der Waals surface area (Å²) in [4.78, 5) is 2.11. The van der Waals surface area contributed by atoms with E-state index in [1.54, 1.807) is 0 Å². The molecular weight excluding hydrogens is 220 g/mol. The molecule has 0 amide bonds. The second kappa shape index (κ2) is 5.82. The molecule has 1 aromatic rings. The summed E-state index contributed by atoms with van der Waals surface area (Å²) in [6, 6.07) is 10.1. The van der Waals surface area contributed by atoms with E-state index < -0.39 is 0 Å². The van der Waals surface area contributed by atoms with Crippen molar-refractivity contribution in [2.75, 3.05) is 26.2 Å². The number of ether oxygens (including phenoxy) is 1. The first-order valence-corrected chi connectivity index (χ1v) is 5.93. The average molecular weight is 236 g/mol. The van der Waals surface area contributed by atoms with E-state index in [1.165, 1.54) is 0 Å². The summed E-state index contributed by atoms with van der Waals surface area (Å²) in [6.07, 6.45) is 0. The number of nitrogens with zero attached hydrogens (tertiary/aromatic N) is 1. The van der Waals surface area contributed by atoms with E-state index in [4.69, 9.17) is 17.0 Å². The predicted octanol–water partition coefficient (Wildman–Crippen LogP) is 1.39. The van der Waals surface area contributed by atoms with Crippen LogP contribution in [0.1, 0.15) is 5.56 Å². The van der Waals surface area contributed by atoms with E-state index >= 15 is 0 Å². The van der Waals surface area contributed by atoms with Crippen molar-refractivity contribution in [2.45, 2.75) is 6.61 Å². The molecule has 1 aromatic carbocycles. The van der Waals surface area contributed by atoms with Crippen molar-refractivity contribution in [1.29, 1.82) is 0 Å². The summed E-state index contributed by atoms with van der Waals surface area (Å²) in [5, 5.41) is 3.90. The monoisotopic (exact) mass is 236 g/mol. The van der Waals surface area contributed by atoms with E-state index in [-0.39, 0.29) is 0 Å². The molecule has 1 heterocycles. The predicted molar refractivity (Wildman–Crippen MR) is 68.3 cm³/mol. The van der Waals surface area contributed by atoms with Crippen molar-refractivity contribution in [3.05, 3.63) is 35.9 Å². The van der Waals surface area contributed by atoms with Crippen LogP contribution >= 0.6 is 12.2 Å². The number of thiocarbonyl (C=S) groups is 1. The summed E-state index contributed by atoms with van der Waals surface area (Å²) >= 11 is 5.25. The fourth-order valence-corrected chi connectivity index (χ4v) is 1.90. The lowest BCUT2D eigenvalue weighted by Crippen LogP contribution is -2.46. The van der Waals surface area contributed by atoms with Crippen LogP contribution in [0.15, 0.2) is 30.3 Å². The number of hydrogen-bond donors (Lipinski definition) is 1. The van der Waals surface area contributed by atoms with Crippen LogP contribution in [-0.4, -0.2) is 36.3 Å². The Morgan fingerprint density at radius 3 is 2.62 bits per heavy atom. The summed E-state index contributed by atoms with van der Waals surface area (Å²) in [7, 11) is 0. The first kappa shape index (κ1) is 11.4. The van der Waals surface area contributed by atoms with E-state index in [2.05, 4.69) is 10.2 Å². The Hall–Kier alpha value is -1.13. The molecule has 0 radical (unpaired) electrons. The van der Waals surface area contributed by atoms with Crippen molar-refractivity contribution in [2.24, 2.45) is 0 Å². The Labute approximate surface area is 101 Å². The van der Waals surface area contributed by atoms with Gasteiger partial charge in [-0.15, -0.1) is 0 Å². The van der Waals surface area contributed by atoms with Crippen molar-refractivity contribution in [3.63, 3.8) is 0 Å². The molecule has 0 bridgehead atoms. The lowest BCUT2D eigenvalue weighted by atomic mass is 10.2. The van der Waals surface area contributed by atoms with Crippen LogP contribution in [0.5, 0.6) is 0 Å². The van der Waals surface area contributed by atoms with Crippen LogP contribution in [0.3, 0.4) is 0 Å². The maximum Gasteiger partial charge on any atom is 0.259 e. The van der Waals surface area contributed by atoms with E-state index in [0.29, 0.717) is 11.8 Å². The van der Waals surface area contributed by atoms with Crippen LogP contribution in [0.2, 0.25) is 0 Å². The largest absolute Gasteiger partial charge is 0.466 e. The Bertz CT molecular complexity index is 336. The first-order valence-electron chi connectivity index (χ1n) is 5.52. The molecule has 0 saturated carbocycles. The van der Waals surface area contributed by atoms with Crippen molar-refractivity contribution < 1.29 is 4.74 Å². The minimum Gasteiger partial charge on any atom is -0.466 e. The maximum atomic E-state index is 5.60. The SMILES string of the molecule is S=C(OCc1ccccc1)N1CCNCC1. The second-order valence-electron chi connectivity index (χ2n) is 3.78. The third-order valence-electron chi connectivity index (χ3n) is 2.58. The highest BCUT2D eigenvalue weighted by Crippen LogP contribution is 2.04. The van der Waals surface area contributed by atoms with Crippen molar-refractivity contribution >= 4 is 17.4 Å². The number of piperazine rings is 1. The van der Waals surface area contributed by atoms with Crippen molar-refractivity contribution in [3.8, 4) is 0 Å². The van der Waals surface area contributed by atoms with Gasteiger partial charge in [-0.1, -0.05) is 30.3 Å². The molecule has 0 aromatic heterocycles. The van der Waals surface area contributed by atoms with Gasteiger partial charge in [-0.25, -0.2) is 0 Å². The van der Waals surface area contributed by atoms with Gasteiger partial charge in [0.25, 0.3) is 5.17 Å². The fraction of sp³-hybridized carbons (Fsp3) is 0.417. The highest BCUT2D eigenvalue weighted by atomic mass is 32.1. The van der Waals surface area contributed by atoms with Gasteiger partial charge in [-0.2, -0.15) is 0 Å². The van der Waals surface area contributed by atoms with Crippen LogP contribution in [-0.2, 0) is 11.3 Å². The molecule has 0 aliphatic carbocycles. The van der Waals surface area contributed by atoms with Gasteiger partial charge in [-0.3, -0.25) is 0 Å². The quantitative estimate of drug-likeness (QED) is 0.784. The van der Waals surface area contributed by atoms with Gasteiger partial charge in [0.2, 0.25) is 0 Å². The molecule has 1 aliphatic rings. The van der Waals surface area contributed by atoms with Crippen LogP contribution in [0, 0.1) is 0 Å². The third kappa shape index (κ3) is 3.18. The van der Waals surface area contributed by atoms with Crippen LogP contribution in [0.4, 0.5) is 0 Å². The van der Waals surface area contributed by atoms with Gasteiger partial charge in [0.15, 0.2) is 0 Å². The second-order valence-corrected chi connectivity index (χ2v) is 4.13.